The molecule has 27 heavy (non-hydrogen) atoms. The number of carbonyl (C=O) groups excluding carboxylic acids is 1. The number of amides is 1. The number of aromatic nitrogens is 1. The Labute approximate surface area is 160 Å². The average Bonchev–Trinajstić information content (AvgIpc) is 3.44. The molecule has 0 fully saturated rings. The molecule has 136 valence electrons. The van der Waals surface area contributed by atoms with E-state index in [0.29, 0.717) is 30.3 Å². The summed E-state index contributed by atoms with van der Waals surface area (Å²) in [6, 6.07) is 15.4. The molecule has 3 aromatic heterocycles. The fourth-order valence-corrected chi connectivity index (χ4v) is 3.54. The van der Waals surface area contributed by atoms with E-state index in [0.717, 1.165) is 10.6 Å². The highest BCUT2D eigenvalue weighted by atomic mass is 32.1. The van der Waals surface area contributed by atoms with Gasteiger partial charge in [-0.05, 0) is 31.2 Å². The number of hydrogen-bond acceptors (Lipinski definition) is 5. The molecule has 0 aliphatic heterocycles. The van der Waals surface area contributed by atoms with Crippen LogP contribution in [0.1, 0.15) is 27.6 Å². The summed E-state index contributed by atoms with van der Waals surface area (Å²) in [5.74, 6) is 1.27. The lowest BCUT2D eigenvalue weighted by Crippen LogP contribution is -2.30. The molecule has 0 bridgehead atoms. The smallest absolute Gasteiger partial charge is 0.274 e. The molecule has 5 nitrogen and oxygen atoms in total. The lowest BCUT2D eigenvalue weighted by molar-refractivity contribution is 0.0700. The van der Waals surface area contributed by atoms with Gasteiger partial charge in [0.2, 0.25) is 0 Å². The Morgan fingerprint density at radius 1 is 1.00 bits per heavy atom. The van der Waals surface area contributed by atoms with Gasteiger partial charge in [0.25, 0.3) is 5.91 Å². The van der Waals surface area contributed by atoms with Crippen molar-refractivity contribution in [2.45, 2.75) is 20.0 Å². The normalized spacial score (nSPS) is 10.9. The molecule has 0 atom stereocenters. The third-order valence-electron chi connectivity index (χ3n) is 4.16. The number of benzene rings is 1. The molecule has 0 radical (unpaired) electrons. The van der Waals surface area contributed by atoms with Crippen molar-refractivity contribution < 1.29 is 13.6 Å². The predicted molar refractivity (Wildman–Crippen MR) is 103 cm³/mol. The first-order valence-corrected chi connectivity index (χ1v) is 9.43. The number of carbonyl (C=O) groups is 1. The summed E-state index contributed by atoms with van der Waals surface area (Å²) < 4.78 is 10.8. The van der Waals surface area contributed by atoms with E-state index >= 15 is 0 Å². The molecular formula is C21H18N2O3S. The molecule has 4 aromatic rings. The van der Waals surface area contributed by atoms with Crippen LogP contribution in [-0.4, -0.2) is 15.8 Å². The van der Waals surface area contributed by atoms with Crippen LogP contribution in [-0.2, 0) is 13.1 Å². The van der Waals surface area contributed by atoms with Crippen LogP contribution < -0.4 is 0 Å². The summed E-state index contributed by atoms with van der Waals surface area (Å²) in [5.41, 5.74) is 2.62. The lowest BCUT2D eigenvalue weighted by atomic mass is 10.2. The van der Waals surface area contributed by atoms with Gasteiger partial charge in [0.15, 0.2) is 0 Å². The van der Waals surface area contributed by atoms with Gasteiger partial charge in [-0.15, -0.1) is 11.3 Å². The zero-order valence-electron chi connectivity index (χ0n) is 14.8. The summed E-state index contributed by atoms with van der Waals surface area (Å²) in [6.07, 6.45) is 3.20. The van der Waals surface area contributed by atoms with Crippen molar-refractivity contribution in [1.82, 2.24) is 9.88 Å². The minimum Gasteiger partial charge on any atom is -0.467 e. The minimum atomic E-state index is -0.155. The number of nitrogens with zero attached hydrogens (tertiary/aromatic N) is 2. The van der Waals surface area contributed by atoms with Crippen molar-refractivity contribution >= 4 is 17.2 Å². The topological polar surface area (TPSA) is 59.5 Å². The van der Waals surface area contributed by atoms with Crippen LogP contribution in [0.15, 0.2) is 75.3 Å². The maximum atomic E-state index is 13.1. The molecule has 0 saturated carbocycles. The number of rotatable bonds is 6. The first kappa shape index (κ1) is 17.3. The van der Waals surface area contributed by atoms with Crippen LogP contribution in [0.4, 0.5) is 0 Å². The Hall–Kier alpha value is -3.12. The van der Waals surface area contributed by atoms with Gasteiger partial charge in [-0.25, -0.2) is 4.98 Å². The molecule has 0 unspecified atom stereocenters. The zero-order valence-corrected chi connectivity index (χ0v) is 15.6. The molecule has 3 heterocycles. The van der Waals surface area contributed by atoms with Gasteiger partial charge in [0.05, 0.1) is 25.6 Å². The molecule has 0 saturated heterocycles. The molecule has 0 aliphatic rings. The van der Waals surface area contributed by atoms with Crippen LogP contribution in [0, 0.1) is 6.92 Å². The van der Waals surface area contributed by atoms with Crippen molar-refractivity contribution in [2.24, 2.45) is 0 Å². The molecular weight excluding hydrogens is 360 g/mol. The SMILES string of the molecule is Cc1ccc(-c2nc(C(=O)N(Cc3ccco3)Cc3ccco3)cs2)cc1. The van der Waals surface area contributed by atoms with E-state index in [1.165, 1.54) is 16.9 Å². The summed E-state index contributed by atoms with van der Waals surface area (Å²) in [7, 11) is 0. The largest absolute Gasteiger partial charge is 0.467 e. The third-order valence-corrected chi connectivity index (χ3v) is 5.05. The Morgan fingerprint density at radius 3 is 2.19 bits per heavy atom. The Bertz CT molecular complexity index is 966. The summed E-state index contributed by atoms with van der Waals surface area (Å²) in [6.45, 7) is 2.75. The molecule has 4 rings (SSSR count). The highest BCUT2D eigenvalue weighted by Crippen LogP contribution is 2.25. The second kappa shape index (κ2) is 7.63. The highest BCUT2D eigenvalue weighted by Gasteiger charge is 2.21. The van der Waals surface area contributed by atoms with Gasteiger partial charge < -0.3 is 13.7 Å². The van der Waals surface area contributed by atoms with E-state index in [-0.39, 0.29) is 5.91 Å². The maximum absolute atomic E-state index is 13.1. The van der Waals surface area contributed by atoms with Crippen LogP contribution in [0.25, 0.3) is 10.6 Å². The lowest BCUT2D eigenvalue weighted by Gasteiger charge is -2.19. The molecule has 1 aromatic carbocycles. The first-order valence-electron chi connectivity index (χ1n) is 8.55. The van der Waals surface area contributed by atoms with E-state index in [9.17, 15) is 4.79 Å². The quantitative estimate of drug-likeness (QED) is 0.466. The average molecular weight is 378 g/mol. The van der Waals surface area contributed by atoms with E-state index < -0.39 is 0 Å². The number of thiazole rings is 1. The fraction of sp³-hybridized carbons (Fsp3) is 0.143. The second-order valence-electron chi connectivity index (χ2n) is 6.22. The summed E-state index contributed by atoms with van der Waals surface area (Å²) in [5, 5.41) is 2.63. The number of aryl methyl sites for hydroxylation is 1. The van der Waals surface area contributed by atoms with Crippen LogP contribution in [0.5, 0.6) is 0 Å². The Balaban J connectivity index is 1.58. The monoisotopic (exact) mass is 378 g/mol. The van der Waals surface area contributed by atoms with Crippen LogP contribution in [0.3, 0.4) is 0 Å². The van der Waals surface area contributed by atoms with E-state index in [4.69, 9.17) is 8.83 Å². The molecule has 0 aliphatic carbocycles. The van der Waals surface area contributed by atoms with Gasteiger partial charge in [0.1, 0.15) is 22.2 Å². The summed E-state index contributed by atoms with van der Waals surface area (Å²) >= 11 is 1.46. The van der Waals surface area contributed by atoms with Gasteiger partial charge in [-0.1, -0.05) is 29.8 Å². The van der Waals surface area contributed by atoms with Crippen molar-refractivity contribution in [2.75, 3.05) is 0 Å². The minimum absolute atomic E-state index is 0.155. The molecule has 1 amide bonds. The standard InChI is InChI=1S/C21H18N2O3S/c1-15-6-8-16(9-7-15)20-22-19(14-27-20)21(24)23(12-17-4-2-10-25-17)13-18-5-3-11-26-18/h2-11,14H,12-13H2,1H3. The third kappa shape index (κ3) is 4.01. The molecule has 0 N–H and O–H groups in total. The van der Waals surface area contributed by atoms with Gasteiger partial charge >= 0.3 is 0 Å². The highest BCUT2D eigenvalue weighted by molar-refractivity contribution is 7.13. The van der Waals surface area contributed by atoms with Crippen molar-refractivity contribution in [3.8, 4) is 10.6 Å². The Kier molecular flexibility index (Phi) is 4.89. The number of furan rings is 2. The first-order chi connectivity index (χ1) is 13.2. The van der Waals surface area contributed by atoms with Crippen LogP contribution >= 0.6 is 11.3 Å². The molecule has 6 heteroatoms. The zero-order chi connectivity index (χ0) is 18.6. The molecule has 0 spiro atoms. The maximum Gasteiger partial charge on any atom is 0.274 e. The van der Waals surface area contributed by atoms with Gasteiger partial charge in [0, 0.05) is 10.9 Å². The van der Waals surface area contributed by atoms with E-state index in [1.54, 1.807) is 22.8 Å². The van der Waals surface area contributed by atoms with Gasteiger partial charge in [-0.2, -0.15) is 0 Å². The fourth-order valence-electron chi connectivity index (χ4n) is 2.74. The van der Waals surface area contributed by atoms with Crippen LogP contribution in [0.2, 0.25) is 0 Å². The predicted octanol–water partition coefficient (Wildman–Crippen LogP) is 5.15. The van der Waals surface area contributed by atoms with E-state index in [2.05, 4.69) is 4.98 Å². The van der Waals surface area contributed by atoms with Crippen molar-refractivity contribution in [3.63, 3.8) is 0 Å². The van der Waals surface area contributed by atoms with Crippen molar-refractivity contribution in [1.29, 1.82) is 0 Å². The second-order valence-corrected chi connectivity index (χ2v) is 7.08. The Morgan fingerprint density at radius 2 is 1.63 bits per heavy atom. The number of hydrogen-bond donors (Lipinski definition) is 0. The summed E-state index contributed by atoms with van der Waals surface area (Å²) in [4.78, 5) is 19.3. The van der Waals surface area contributed by atoms with Gasteiger partial charge in [-0.3, -0.25) is 4.79 Å². The van der Waals surface area contributed by atoms with E-state index in [1.807, 2.05) is 55.5 Å². The van der Waals surface area contributed by atoms with Crippen molar-refractivity contribution in [3.05, 3.63) is 89.2 Å².